The van der Waals surface area contributed by atoms with Gasteiger partial charge >= 0.3 is 0 Å². The normalized spacial score (nSPS) is 15.5. The molecule has 2 aliphatic heterocycles. The van der Waals surface area contributed by atoms with E-state index in [1.54, 1.807) is 0 Å². The van der Waals surface area contributed by atoms with Crippen molar-refractivity contribution in [1.82, 2.24) is 9.97 Å². The van der Waals surface area contributed by atoms with E-state index in [4.69, 9.17) is 5.73 Å². The molecule has 3 heterocycles. The van der Waals surface area contributed by atoms with E-state index in [1.165, 1.54) is 52.9 Å². The molecule has 7 aromatic rings. The first-order chi connectivity index (χ1) is 24.2. The molecule has 0 bridgehead atoms. The average molecular weight is 668 g/mol. The van der Waals surface area contributed by atoms with Crippen molar-refractivity contribution in [2.24, 2.45) is 0 Å². The molecular weight excluding hydrogens is 635 g/mol. The highest BCUT2D eigenvalue weighted by molar-refractivity contribution is 8.23. The van der Waals surface area contributed by atoms with E-state index in [2.05, 4.69) is 165 Å². The highest BCUT2D eigenvalue weighted by Gasteiger charge is 2.15. The van der Waals surface area contributed by atoms with Crippen LogP contribution in [0.4, 0.5) is 5.95 Å². The monoisotopic (exact) mass is 667 g/mol. The van der Waals surface area contributed by atoms with Gasteiger partial charge in [0, 0.05) is 9.79 Å². The van der Waals surface area contributed by atoms with Gasteiger partial charge < -0.3 is 5.73 Å². The van der Waals surface area contributed by atoms with Crippen molar-refractivity contribution in [3.8, 4) is 0 Å². The SMILES string of the molecule is Nc1nc(C=Cc2ccc3cc4ccccc4c([SH]4C=CC=C4)c3c2)cc(C=Cc2ccc3cc4ccccc4c([SH]4C=CC=C4)c3c2)n1. The summed E-state index contributed by atoms with van der Waals surface area (Å²) >= 11 is 0. The maximum absolute atomic E-state index is 6.22. The van der Waals surface area contributed by atoms with Crippen LogP contribution in [0.2, 0.25) is 0 Å². The smallest absolute Gasteiger partial charge is 0.221 e. The van der Waals surface area contributed by atoms with Gasteiger partial charge in [-0.2, -0.15) is 21.8 Å². The maximum Gasteiger partial charge on any atom is 0.221 e. The number of anilines is 1. The average Bonchev–Trinajstić information content (AvgIpc) is 3.87. The Morgan fingerprint density at radius 1 is 0.429 bits per heavy atom. The van der Waals surface area contributed by atoms with Crippen molar-refractivity contribution < 1.29 is 0 Å². The van der Waals surface area contributed by atoms with Gasteiger partial charge in [0.2, 0.25) is 5.95 Å². The molecule has 236 valence electrons. The van der Waals surface area contributed by atoms with E-state index in [9.17, 15) is 0 Å². The van der Waals surface area contributed by atoms with Crippen LogP contribution in [0, 0.1) is 0 Å². The quantitative estimate of drug-likeness (QED) is 0.122. The standard InChI is InChI=1S/C44H33N3S2/c45-44-46-36(19-15-30-13-17-34-27-32-9-1-3-11-38(32)42(40(34)25-30)48-21-5-6-22-48)29-37(47-44)20-16-31-14-18-35-28-33-10-2-4-12-39(33)43(41(35)26-31)49-23-7-8-24-49/h1-29,48-49H,(H2,45,46,47). The summed E-state index contributed by atoms with van der Waals surface area (Å²) in [5, 5.41) is 19.6. The third-order valence-corrected chi connectivity index (χ3v) is 13.1. The third kappa shape index (κ3) is 5.67. The van der Waals surface area contributed by atoms with Crippen molar-refractivity contribution in [2.45, 2.75) is 9.79 Å². The van der Waals surface area contributed by atoms with Gasteiger partial charge in [-0.1, -0.05) is 109 Å². The molecule has 5 heteroatoms. The van der Waals surface area contributed by atoms with Crippen LogP contribution in [0.25, 0.3) is 67.4 Å². The highest BCUT2D eigenvalue weighted by Crippen LogP contribution is 2.50. The van der Waals surface area contributed by atoms with Gasteiger partial charge in [-0.3, -0.25) is 0 Å². The van der Waals surface area contributed by atoms with Crippen LogP contribution >= 0.6 is 21.8 Å². The summed E-state index contributed by atoms with van der Waals surface area (Å²) in [7, 11) is -0.991. The van der Waals surface area contributed by atoms with Crippen LogP contribution in [0.5, 0.6) is 0 Å². The first-order valence-electron chi connectivity index (χ1n) is 16.3. The summed E-state index contributed by atoms with van der Waals surface area (Å²) in [6, 6.07) is 37.4. The second kappa shape index (κ2) is 12.4. The Morgan fingerprint density at radius 2 is 0.857 bits per heavy atom. The summed E-state index contributed by atoms with van der Waals surface area (Å²) in [6.45, 7) is 0. The van der Waals surface area contributed by atoms with Gasteiger partial charge in [0.15, 0.2) is 0 Å². The van der Waals surface area contributed by atoms with Gasteiger partial charge in [-0.05, 0) is 118 Å². The van der Waals surface area contributed by atoms with E-state index >= 15 is 0 Å². The summed E-state index contributed by atoms with van der Waals surface area (Å²) in [5.41, 5.74) is 10.00. The number of hydrogen-bond donors (Lipinski definition) is 3. The predicted octanol–water partition coefficient (Wildman–Crippen LogP) is 11.8. The Hall–Kier alpha value is -5.62. The summed E-state index contributed by atoms with van der Waals surface area (Å²) in [5.74, 6) is 0.256. The molecule has 0 radical (unpaired) electrons. The van der Waals surface area contributed by atoms with Crippen LogP contribution in [-0.4, -0.2) is 9.97 Å². The third-order valence-electron chi connectivity index (χ3n) is 9.12. The Bertz CT molecular complexity index is 2440. The topological polar surface area (TPSA) is 51.8 Å². The van der Waals surface area contributed by atoms with Crippen LogP contribution in [0.3, 0.4) is 0 Å². The van der Waals surface area contributed by atoms with Crippen molar-refractivity contribution in [1.29, 1.82) is 0 Å². The molecule has 2 aliphatic rings. The molecule has 0 amide bonds. The molecule has 0 fully saturated rings. The van der Waals surface area contributed by atoms with E-state index < -0.39 is 21.8 Å². The lowest BCUT2D eigenvalue weighted by Crippen LogP contribution is -1.98. The fourth-order valence-electron chi connectivity index (χ4n) is 6.88. The van der Waals surface area contributed by atoms with Gasteiger partial charge in [0.25, 0.3) is 0 Å². The molecule has 0 spiro atoms. The number of aromatic nitrogens is 2. The zero-order valence-electron chi connectivity index (χ0n) is 26.6. The minimum absolute atomic E-state index is 0.256. The van der Waals surface area contributed by atoms with Crippen LogP contribution in [0.1, 0.15) is 22.5 Å². The Balaban J connectivity index is 1.04. The Kier molecular flexibility index (Phi) is 7.49. The van der Waals surface area contributed by atoms with E-state index in [0.717, 1.165) is 22.5 Å². The van der Waals surface area contributed by atoms with Crippen LogP contribution in [0.15, 0.2) is 159 Å². The largest absolute Gasteiger partial charge is 0.368 e. The number of nitrogens with two attached hydrogens (primary N) is 1. The van der Waals surface area contributed by atoms with Gasteiger partial charge in [-0.15, -0.1) is 0 Å². The van der Waals surface area contributed by atoms with E-state index in [0.29, 0.717) is 0 Å². The fraction of sp³-hybridized carbons (Fsp3) is 0. The molecule has 0 saturated heterocycles. The summed E-state index contributed by atoms with van der Waals surface area (Å²) < 4.78 is 0. The molecule has 0 saturated carbocycles. The molecular formula is C44H33N3S2. The molecule has 1 aromatic heterocycles. The maximum atomic E-state index is 6.22. The summed E-state index contributed by atoms with van der Waals surface area (Å²) in [6.07, 6.45) is 16.9. The number of nitrogen functional groups attached to an aromatic ring is 1. The first kappa shape index (κ1) is 29.5. The molecule has 9 rings (SSSR count). The molecule has 0 atom stereocenters. The Morgan fingerprint density at radius 3 is 1.33 bits per heavy atom. The summed E-state index contributed by atoms with van der Waals surface area (Å²) in [4.78, 5) is 11.9. The van der Waals surface area contributed by atoms with Crippen molar-refractivity contribution >= 4 is 95.1 Å². The second-order valence-electron chi connectivity index (χ2n) is 12.3. The van der Waals surface area contributed by atoms with Crippen LogP contribution < -0.4 is 5.73 Å². The number of thiol groups is 2. The lowest BCUT2D eigenvalue weighted by atomic mass is 10.0. The van der Waals surface area contributed by atoms with Crippen molar-refractivity contribution in [3.05, 3.63) is 172 Å². The number of fused-ring (bicyclic) bond motifs is 4. The molecule has 2 N–H and O–H groups in total. The number of hydrogen-bond acceptors (Lipinski definition) is 3. The van der Waals surface area contributed by atoms with Gasteiger partial charge in [0.1, 0.15) is 0 Å². The second-order valence-corrected chi connectivity index (χ2v) is 16.0. The number of allylic oxidation sites excluding steroid dienone is 4. The van der Waals surface area contributed by atoms with Gasteiger partial charge in [-0.25, -0.2) is 9.97 Å². The lowest BCUT2D eigenvalue weighted by molar-refractivity contribution is 1.15. The van der Waals surface area contributed by atoms with E-state index in [1.807, 2.05) is 18.2 Å². The number of rotatable bonds is 6. The minimum Gasteiger partial charge on any atom is -0.368 e. The van der Waals surface area contributed by atoms with Crippen molar-refractivity contribution in [3.63, 3.8) is 0 Å². The zero-order chi connectivity index (χ0) is 32.7. The Labute approximate surface area is 290 Å². The molecule has 0 aliphatic carbocycles. The molecule has 49 heavy (non-hydrogen) atoms. The number of benzene rings is 6. The first-order valence-corrected chi connectivity index (χ1v) is 19.3. The fourth-order valence-corrected chi connectivity index (χ4v) is 10.7. The predicted molar refractivity (Wildman–Crippen MR) is 218 cm³/mol. The number of nitrogens with zero attached hydrogens (tertiary/aromatic N) is 2. The molecule has 0 unspecified atom stereocenters. The molecule has 3 nitrogen and oxygen atoms in total. The highest BCUT2D eigenvalue weighted by atomic mass is 32.2. The lowest BCUT2D eigenvalue weighted by Gasteiger charge is -2.18. The van der Waals surface area contributed by atoms with Crippen molar-refractivity contribution in [2.75, 3.05) is 5.73 Å². The zero-order valence-corrected chi connectivity index (χ0v) is 28.4. The minimum atomic E-state index is -0.495. The van der Waals surface area contributed by atoms with Crippen LogP contribution in [-0.2, 0) is 0 Å². The molecule has 6 aromatic carbocycles. The van der Waals surface area contributed by atoms with Gasteiger partial charge in [0.05, 0.1) is 11.4 Å². The van der Waals surface area contributed by atoms with E-state index in [-0.39, 0.29) is 5.95 Å².